The maximum atomic E-state index is 10.9. The lowest BCUT2D eigenvalue weighted by Gasteiger charge is -2.26. The minimum absolute atomic E-state index is 0.514. The second-order valence-corrected chi connectivity index (χ2v) is 3.63. The van der Waals surface area contributed by atoms with Crippen molar-refractivity contribution in [2.45, 2.75) is 19.9 Å². The van der Waals surface area contributed by atoms with E-state index in [0.29, 0.717) is 0 Å². The van der Waals surface area contributed by atoms with Gasteiger partial charge in [0.25, 0.3) is 0 Å². The molecule has 0 aliphatic rings. The van der Waals surface area contributed by atoms with Crippen LogP contribution in [0.1, 0.15) is 25.6 Å². The van der Waals surface area contributed by atoms with Gasteiger partial charge in [-0.1, -0.05) is 0 Å². The van der Waals surface area contributed by atoms with Crippen LogP contribution in [0.25, 0.3) is 0 Å². The molecule has 4 nitrogen and oxygen atoms in total. The standard InChI is InChI=1S/C9H14N2O2/c1-9(2,8(12)13)7(10)6-4-3-5-11-6/h3-5,7,11H,10H2,1-2H3,(H,12,13)/t7-/m0/s1. The molecule has 4 heteroatoms. The number of aromatic amines is 1. The lowest BCUT2D eigenvalue weighted by Crippen LogP contribution is -2.36. The lowest BCUT2D eigenvalue weighted by molar-refractivity contribution is -0.148. The molecule has 0 saturated carbocycles. The van der Waals surface area contributed by atoms with Crippen LogP contribution in [0.15, 0.2) is 18.3 Å². The molecule has 4 N–H and O–H groups in total. The predicted octanol–water partition coefficient (Wildman–Crippen LogP) is 1.13. The van der Waals surface area contributed by atoms with Gasteiger partial charge in [-0.3, -0.25) is 4.79 Å². The van der Waals surface area contributed by atoms with Gasteiger partial charge in [0.15, 0.2) is 0 Å². The Bertz CT molecular complexity index is 291. The summed E-state index contributed by atoms with van der Waals surface area (Å²) in [5, 5.41) is 8.92. The van der Waals surface area contributed by atoms with Crippen molar-refractivity contribution in [3.8, 4) is 0 Å². The number of rotatable bonds is 3. The van der Waals surface area contributed by atoms with Crippen LogP contribution in [0.2, 0.25) is 0 Å². The van der Waals surface area contributed by atoms with Gasteiger partial charge >= 0.3 is 5.97 Å². The fourth-order valence-corrected chi connectivity index (χ4v) is 1.06. The highest BCUT2D eigenvalue weighted by Crippen LogP contribution is 2.30. The third-order valence-electron chi connectivity index (χ3n) is 2.29. The van der Waals surface area contributed by atoms with E-state index in [1.807, 2.05) is 0 Å². The SMILES string of the molecule is CC(C)(C(=O)O)[C@@H](N)c1ccc[nH]1. The molecule has 72 valence electrons. The van der Waals surface area contributed by atoms with Gasteiger partial charge in [-0.2, -0.15) is 0 Å². The van der Waals surface area contributed by atoms with Crippen molar-refractivity contribution in [3.05, 3.63) is 24.0 Å². The first-order valence-electron chi connectivity index (χ1n) is 4.08. The van der Waals surface area contributed by atoms with E-state index in [1.165, 1.54) is 0 Å². The molecule has 1 rings (SSSR count). The highest BCUT2D eigenvalue weighted by atomic mass is 16.4. The molecule has 0 fully saturated rings. The molecule has 0 unspecified atom stereocenters. The Morgan fingerprint density at radius 1 is 1.69 bits per heavy atom. The summed E-state index contributed by atoms with van der Waals surface area (Å²) < 4.78 is 0. The highest BCUT2D eigenvalue weighted by Gasteiger charge is 2.35. The number of nitrogens with two attached hydrogens (primary N) is 1. The summed E-state index contributed by atoms with van der Waals surface area (Å²) in [5.74, 6) is -0.894. The average molecular weight is 182 g/mol. The fraction of sp³-hybridized carbons (Fsp3) is 0.444. The van der Waals surface area contributed by atoms with Crippen LogP contribution in [-0.2, 0) is 4.79 Å². The first kappa shape index (κ1) is 9.80. The van der Waals surface area contributed by atoms with Crippen molar-refractivity contribution in [1.82, 2.24) is 4.98 Å². The van der Waals surface area contributed by atoms with E-state index in [9.17, 15) is 4.79 Å². The summed E-state index contributed by atoms with van der Waals surface area (Å²) in [6.45, 7) is 3.22. The maximum Gasteiger partial charge on any atom is 0.311 e. The molecule has 0 saturated heterocycles. The van der Waals surface area contributed by atoms with E-state index in [0.717, 1.165) is 5.69 Å². The van der Waals surface area contributed by atoms with Crippen molar-refractivity contribution in [2.24, 2.45) is 11.1 Å². The Labute approximate surface area is 76.8 Å². The van der Waals surface area contributed by atoms with Crippen LogP contribution < -0.4 is 5.73 Å². The number of hydrogen-bond donors (Lipinski definition) is 3. The molecule has 0 radical (unpaired) electrons. The van der Waals surface area contributed by atoms with E-state index in [1.54, 1.807) is 32.2 Å². The third-order valence-corrected chi connectivity index (χ3v) is 2.29. The molecule has 1 aromatic heterocycles. The highest BCUT2D eigenvalue weighted by molar-refractivity contribution is 5.74. The van der Waals surface area contributed by atoms with E-state index in [2.05, 4.69) is 4.98 Å². The third kappa shape index (κ3) is 1.72. The zero-order chi connectivity index (χ0) is 10.1. The van der Waals surface area contributed by atoms with Crippen molar-refractivity contribution < 1.29 is 9.90 Å². The van der Waals surface area contributed by atoms with Crippen LogP contribution >= 0.6 is 0 Å². The van der Waals surface area contributed by atoms with E-state index >= 15 is 0 Å². The minimum Gasteiger partial charge on any atom is -0.481 e. The molecule has 0 aromatic carbocycles. The van der Waals surface area contributed by atoms with Crippen LogP contribution in [-0.4, -0.2) is 16.1 Å². The quantitative estimate of drug-likeness (QED) is 0.655. The van der Waals surface area contributed by atoms with E-state index in [4.69, 9.17) is 10.8 Å². The Hall–Kier alpha value is -1.29. The molecule has 13 heavy (non-hydrogen) atoms. The largest absolute Gasteiger partial charge is 0.481 e. The number of nitrogens with one attached hydrogen (secondary N) is 1. The normalized spacial score (nSPS) is 14.1. The number of carboxylic acid groups (broad SMARTS) is 1. The molecule has 1 heterocycles. The van der Waals surface area contributed by atoms with Gasteiger partial charge in [0.2, 0.25) is 0 Å². The summed E-state index contributed by atoms with van der Waals surface area (Å²) >= 11 is 0. The number of aromatic nitrogens is 1. The molecular formula is C9H14N2O2. The second kappa shape index (κ2) is 3.22. The first-order valence-corrected chi connectivity index (χ1v) is 4.08. The monoisotopic (exact) mass is 182 g/mol. The Balaban J connectivity index is 2.90. The van der Waals surface area contributed by atoms with Gasteiger partial charge < -0.3 is 15.8 Å². The minimum atomic E-state index is -0.954. The molecule has 1 aromatic rings. The fourth-order valence-electron chi connectivity index (χ4n) is 1.06. The smallest absolute Gasteiger partial charge is 0.311 e. The Morgan fingerprint density at radius 3 is 2.69 bits per heavy atom. The van der Waals surface area contributed by atoms with Crippen LogP contribution in [0.5, 0.6) is 0 Å². The van der Waals surface area contributed by atoms with Crippen molar-refractivity contribution in [1.29, 1.82) is 0 Å². The molecule has 0 spiro atoms. The van der Waals surface area contributed by atoms with Gasteiger partial charge in [0, 0.05) is 11.9 Å². The van der Waals surface area contributed by atoms with Crippen LogP contribution in [0, 0.1) is 5.41 Å². The summed E-state index contributed by atoms with van der Waals surface area (Å²) in [7, 11) is 0. The predicted molar refractivity (Wildman–Crippen MR) is 49.1 cm³/mol. The van der Waals surface area contributed by atoms with Gasteiger partial charge in [-0.15, -0.1) is 0 Å². The van der Waals surface area contributed by atoms with E-state index < -0.39 is 17.4 Å². The molecule has 0 aliphatic carbocycles. The number of carboxylic acids is 1. The van der Waals surface area contributed by atoms with Crippen LogP contribution in [0.4, 0.5) is 0 Å². The molecule has 0 aliphatic heterocycles. The van der Waals surface area contributed by atoms with Crippen molar-refractivity contribution >= 4 is 5.97 Å². The van der Waals surface area contributed by atoms with Gasteiger partial charge in [0.1, 0.15) is 0 Å². The number of H-pyrrole nitrogens is 1. The molecule has 0 bridgehead atoms. The number of hydrogen-bond acceptors (Lipinski definition) is 2. The van der Waals surface area contributed by atoms with Crippen molar-refractivity contribution in [3.63, 3.8) is 0 Å². The molecule has 0 amide bonds. The molecule has 1 atom stereocenters. The average Bonchev–Trinajstić information content (AvgIpc) is 2.54. The van der Waals surface area contributed by atoms with Gasteiger partial charge in [-0.25, -0.2) is 0 Å². The zero-order valence-electron chi connectivity index (χ0n) is 7.74. The number of carbonyl (C=O) groups is 1. The molecular weight excluding hydrogens is 168 g/mol. The van der Waals surface area contributed by atoms with Gasteiger partial charge in [-0.05, 0) is 26.0 Å². The number of aliphatic carboxylic acids is 1. The summed E-state index contributed by atoms with van der Waals surface area (Å²) in [6.07, 6.45) is 1.73. The Kier molecular flexibility index (Phi) is 2.43. The topological polar surface area (TPSA) is 79.1 Å². The van der Waals surface area contributed by atoms with Crippen molar-refractivity contribution in [2.75, 3.05) is 0 Å². The second-order valence-electron chi connectivity index (χ2n) is 3.63. The maximum absolute atomic E-state index is 10.9. The lowest BCUT2D eigenvalue weighted by atomic mass is 9.83. The van der Waals surface area contributed by atoms with Gasteiger partial charge in [0.05, 0.1) is 11.5 Å². The summed E-state index contributed by atoms with van der Waals surface area (Å²) in [4.78, 5) is 13.8. The Morgan fingerprint density at radius 2 is 2.31 bits per heavy atom. The van der Waals surface area contributed by atoms with Crippen LogP contribution in [0.3, 0.4) is 0 Å². The zero-order valence-corrected chi connectivity index (χ0v) is 7.74. The van der Waals surface area contributed by atoms with E-state index in [-0.39, 0.29) is 0 Å². The summed E-state index contributed by atoms with van der Waals surface area (Å²) in [6, 6.07) is 3.07. The first-order chi connectivity index (χ1) is 5.96. The summed E-state index contributed by atoms with van der Waals surface area (Å²) in [5.41, 5.74) is 5.60.